The van der Waals surface area contributed by atoms with Crippen LogP contribution in [0.25, 0.3) is 0 Å². The van der Waals surface area contributed by atoms with Crippen molar-refractivity contribution in [1.29, 1.82) is 0 Å². The van der Waals surface area contributed by atoms with E-state index in [1.807, 2.05) is 31.2 Å². The number of rotatable bonds is 4. The number of hydrogen-bond donors (Lipinski definition) is 1. The summed E-state index contributed by atoms with van der Waals surface area (Å²) in [5, 5.41) is 11.0. The van der Waals surface area contributed by atoms with Gasteiger partial charge >= 0.3 is 0 Å². The number of ether oxygens (including phenoxy) is 3. The Hall–Kier alpha value is -1.14. The summed E-state index contributed by atoms with van der Waals surface area (Å²) in [6.07, 6.45) is 2.05. The molecule has 2 heterocycles. The molecular weight excluding hydrogens is 294 g/mol. The fraction of sp³-hybridized carbons (Fsp3) is 0.667. The summed E-state index contributed by atoms with van der Waals surface area (Å²) in [6.45, 7) is 6.31. The van der Waals surface area contributed by atoms with Crippen LogP contribution in [0.1, 0.15) is 18.4 Å². The van der Waals surface area contributed by atoms with Gasteiger partial charge in [-0.05, 0) is 37.5 Å². The van der Waals surface area contributed by atoms with Crippen LogP contribution >= 0.6 is 0 Å². The fourth-order valence-electron chi connectivity index (χ4n) is 3.32. The molecule has 2 aliphatic rings. The lowest BCUT2D eigenvalue weighted by molar-refractivity contribution is -0.0714. The van der Waals surface area contributed by atoms with Gasteiger partial charge in [0.2, 0.25) is 0 Å². The number of nitrogens with zero attached hydrogens (tertiary/aromatic N) is 1. The third-order valence-electron chi connectivity index (χ3n) is 4.60. The van der Waals surface area contributed by atoms with Crippen LogP contribution in [-0.4, -0.2) is 67.8 Å². The molecule has 128 valence electrons. The first kappa shape index (κ1) is 16.7. The molecule has 2 fully saturated rings. The number of benzene rings is 1. The second kappa shape index (κ2) is 7.62. The van der Waals surface area contributed by atoms with Gasteiger partial charge < -0.3 is 19.3 Å². The summed E-state index contributed by atoms with van der Waals surface area (Å²) in [4.78, 5) is 2.34. The Morgan fingerprint density at radius 1 is 1.26 bits per heavy atom. The molecule has 0 aliphatic carbocycles. The van der Waals surface area contributed by atoms with Crippen LogP contribution in [0.15, 0.2) is 24.3 Å². The van der Waals surface area contributed by atoms with Crippen LogP contribution in [0.2, 0.25) is 0 Å². The van der Waals surface area contributed by atoms with Crippen molar-refractivity contribution >= 4 is 0 Å². The molecule has 1 aromatic rings. The molecule has 1 unspecified atom stereocenters. The fourth-order valence-corrected chi connectivity index (χ4v) is 3.32. The Bertz CT molecular complexity index is 504. The SMILES string of the molecule is Cc1cccc(OCC2(O)COCCN(C3CCOCC3)C2)c1. The van der Waals surface area contributed by atoms with Crippen molar-refractivity contribution in [3.05, 3.63) is 29.8 Å². The standard InChI is InChI=1S/C18H27NO4/c1-15-3-2-4-17(11-15)23-14-18(20)12-19(7-10-22-13-18)16-5-8-21-9-6-16/h2-4,11,16,20H,5-10,12-14H2,1H3. The third-order valence-corrected chi connectivity index (χ3v) is 4.60. The van der Waals surface area contributed by atoms with Gasteiger partial charge in [0, 0.05) is 32.3 Å². The number of β-amino-alcohol motifs (C(OH)–C–C–N with tert-alkyl or cyclic N) is 1. The Morgan fingerprint density at radius 2 is 2.09 bits per heavy atom. The van der Waals surface area contributed by atoms with E-state index < -0.39 is 5.60 Å². The van der Waals surface area contributed by atoms with Gasteiger partial charge in [-0.3, -0.25) is 4.90 Å². The molecule has 0 amide bonds. The molecule has 2 saturated heterocycles. The molecule has 0 spiro atoms. The maximum Gasteiger partial charge on any atom is 0.134 e. The van der Waals surface area contributed by atoms with Crippen molar-refractivity contribution in [3.63, 3.8) is 0 Å². The highest BCUT2D eigenvalue weighted by molar-refractivity contribution is 5.27. The highest BCUT2D eigenvalue weighted by Gasteiger charge is 2.36. The van der Waals surface area contributed by atoms with Crippen molar-refractivity contribution in [2.24, 2.45) is 0 Å². The quantitative estimate of drug-likeness (QED) is 0.913. The van der Waals surface area contributed by atoms with E-state index in [2.05, 4.69) is 4.90 Å². The molecule has 1 atom stereocenters. The van der Waals surface area contributed by atoms with Crippen molar-refractivity contribution in [2.45, 2.75) is 31.4 Å². The van der Waals surface area contributed by atoms with Crippen molar-refractivity contribution in [2.75, 3.05) is 46.1 Å². The first-order valence-electron chi connectivity index (χ1n) is 8.46. The topological polar surface area (TPSA) is 51.2 Å². The molecule has 3 rings (SSSR count). The normalized spacial score (nSPS) is 27.6. The van der Waals surface area contributed by atoms with Crippen molar-refractivity contribution < 1.29 is 19.3 Å². The second-order valence-electron chi connectivity index (χ2n) is 6.70. The Balaban J connectivity index is 1.61. The summed E-state index contributed by atoms with van der Waals surface area (Å²) in [6, 6.07) is 8.37. The van der Waals surface area contributed by atoms with Crippen LogP contribution in [0.3, 0.4) is 0 Å². The monoisotopic (exact) mass is 321 g/mol. The average Bonchev–Trinajstić information content (AvgIpc) is 2.76. The van der Waals surface area contributed by atoms with Gasteiger partial charge in [-0.25, -0.2) is 0 Å². The molecule has 2 aliphatic heterocycles. The van der Waals surface area contributed by atoms with E-state index in [0.29, 0.717) is 25.8 Å². The van der Waals surface area contributed by atoms with Crippen molar-refractivity contribution in [3.8, 4) is 5.75 Å². The smallest absolute Gasteiger partial charge is 0.134 e. The average molecular weight is 321 g/mol. The minimum atomic E-state index is -0.974. The molecule has 0 bridgehead atoms. The lowest BCUT2D eigenvalue weighted by Crippen LogP contribution is -2.52. The third kappa shape index (κ3) is 4.67. The zero-order valence-electron chi connectivity index (χ0n) is 13.9. The highest BCUT2D eigenvalue weighted by atomic mass is 16.5. The van der Waals surface area contributed by atoms with E-state index in [9.17, 15) is 5.11 Å². The van der Waals surface area contributed by atoms with E-state index in [-0.39, 0.29) is 6.61 Å². The van der Waals surface area contributed by atoms with Gasteiger partial charge in [0.05, 0.1) is 13.2 Å². The molecule has 5 heteroatoms. The summed E-state index contributed by atoms with van der Waals surface area (Å²) in [5.74, 6) is 0.792. The van der Waals surface area contributed by atoms with Crippen LogP contribution < -0.4 is 4.74 Å². The van der Waals surface area contributed by atoms with Crippen LogP contribution in [0, 0.1) is 6.92 Å². The summed E-state index contributed by atoms with van der Waals surface area (Å²) in [7, 11) is 0. The van der Waals surface area contributed by atoms with Crippen LogP contribution in [0.5, 0.6) is 5.75 Å². The van der Waals surface area contributed by atoms with Gasteiger partial charge in [-0.1, -0.05) is 12.1 Å². The van der Waals surface area contributed by atoms with E-state index in [0.717, 1.165) is 43.9 Å². The zero-order chi connectivity index (χ0) is 16.1. The zero-order valence-corrected chi connectivity index (χ0v) is 13.9. The van der Waals surface area contributed by atoms with Crippen LogP contribution in [0.4, 0.5) is 0 Å². The molecule has 1 N–H and O–H groups in total. The molecule has 0 saturated carbocycles. The summed E-state index contributed by atoms with van der Waals surface area (Å²) < 4.78 is 16.9. The lowest BCUT2D eigenvalue weighted by atomic mass is 10.0. The Kier molecular flexibility index (Phi) is 5.54. The molecule has 5 nitrogen and oxygen atoms in total. The lowest BCUT2D eigenvalue weighted by Gasteiger charge is -2.37. The molecule has 23 heavy (non-hydrogen) atoms. The van der Waals surface area contributed by atoms with Gasteiger partial charge in [0.25, 0.3) is 0 Å². The highest BCUT2D eigenvalue weighted by Crippen LogP contribution is 2.22. The number of hydrogen-bond acceptors (Lipinski definition) is 5. The first-order chi connectivity index (χ1) is 11.1. The Morgan fingerprint density at radius 3 is 2.87 bits per heavy atom. The first-order valence-corrected chi connectivity index (χ1v) is 8.46. The molecule has 1 aromatic carbocycles. The molecule has 0 aromatic heterocycles. The van der Waals surface area contributed by atoms with Crippen LogP contribution in [-0.2, 0) is 9.47 Å². The predicted molar refractivity (Wildman–Crippen MR) is 87.9 cm³/mol. The van der Waals surface area contributed by atoms with Crippen molar-refractivity contribution in [1.82, 2.24) is 4.90 Å². The van der Waals surface area contributed by atoms with E-state index in [4.69, 9.17) is 14.2 Å². The predicted octanol–water partition coefficient (Wildman–Crippen LogP) is 1.62. The maximum absolute atomic E-state index is 11.0. The van der Waals surface area contributed by atoms with Gasteiger partial charge in [-0.2, -0.15) is 0 Å². The summed E-state index contributed by atoms with van der Waals surface area (Å²) >= 11 is 0. The van der Waals surface area contributed by atoms with Gasteiger partial charge in [0.15, 0.2) is 0 Å². The number of aryl methyl sites for hydroxylation is 1. The minimum Gasteiger partial charge on any atom is -0.490 e. The van der Waals surface area contributed by atoms with E-state index in [1.54, 1.807) is 0 Å². The van der Waals surface area contributed by atoms with E-state index in [1.165, 1.54) is 0 Å². The van der Waals surface area contributed by atoms with Gasteiger partial charge in [-0.15, -0.1) is 0 Å². The van der Waals surface area contributed by atoms with E-state index >= 15 is 0 Å². The number of aliphatic hydroxyl groups is 1. The minimum absolute atomic E-state index is 0.246. The Labute approximate surface area is 138 Å². The molecular formula is C18H27NO4. The van der Waals surface area contributed by atoms with Gasteiger partial charge in [0.1, 0.15) is 18.0 Å². The summed E-state index contributed by atoms with van der Waals surface area (Å²) in [5.41, 5.74) is 0.175. The largest absolute Gasteiger partial charge is 0.490 e. The maximum atomic E-state index is 11.0. The molecule has 0 radical (unpaired) electrons. The second-order valence-corrected chi connectivity index (χ2v) is 6.70.